The molecule has 6 nitrogen and oxygen atoms in total. The lowest BCUT2D eigenvalue weighted by molar-refractivity contribution is -0.140. The number of carbonyl (C=O) groups is 2. The lowest BCUT2D eigenvalue weighted by Crippen LogP contribution is -2.45. The molecule has 0 fully saturated rings. The molecule has 0 saturated heterocycles. The largest absolute Gasteiger partial charge is 0.480 e. The molecular weight excluding hydrogens is 301 g/mol. The van der Waals surface area contributed by atoms with Crippen molar-refractivity contribution in [1.82, 2.24) is 15.1 Å². The molecule has 122 valence electrons. The van der Waals surface area contributed by atoms with Gasteiger partial charge in [0, 0.05) is 6.20 Å². The zero-order chi connectivity index (χ0) is 17.0. The fraction of sp³-hybridized carbons (Fsp3) is 0.312. The number of para-hydroxylation sites is 1. The van der Waals surface area contributed by atoms with Gasteiger partial charge < -0.3 is 10.4 Å². The van der Waals surface area contributed by atoms with E-state index in [4.69, 9.17) is 0 Å². The van der Waals surface area contributed by atoms with Crippen LogP contribution in [0.2, 0.25) is 0 Å². The second-order valence-corrected chi connectivity index (χ2v) is 5.27. The highest BCUT2D eigenvalue weighted by molar-refractivity contribution is 5.95. The lowest BCUT2D eigenvalue weighted by Gasteiger charge is -2.19. The van der Waals surface area contributed by atoms with E-state index in [1.807, 2.05) is 6.92 Å². The fourth-order valence-electron chi connectivity index (χ4n) is 2.12. The van der Waals surface area contributed by atoms with E-state index in [2.05, 4.69) is 10.4 Å². The normalized spacial score (nSPS) is 13.3. The Balaban J connectivity index is 2.18. The summed E-state index contributed by atoms with van der Waals surface area (Å²) in [5, 5.41) is 15.7. The average Bonchev–Trinajstić information content (AvgIpc) is 3.01. The number of aromatic nitrogens is 2. The van der Waals surface area contributed by atoms with Crippen molar-refractivity contribution >= 4 is 11.9 Å². The molecule has 23 heavy (non-hydrogen) atoms. The topological polar surface area (TPSA) is 84.2 Å². The van der Waals surface area contributed by atoms with Gasteiger partial charge in [-0.05, 0) is 24.1 Å². The van der Waals surface area contributed by atoms with Gasteiger partial charge in [-0.1, -0.05) is 32.4 Å². The highest BCUT2D eigenvalue weighted by atomic mass is 19.1. The van der Waals surface area contributed by atoms with E-state index in [1.165, 1.54) is 29.1 Å². The van der Waals surface area contributed by atoms with Crippen LogP contribution in [0.5, 0.6) is 0 Å². The van der Waals surface area contributed by atoms with Gasteiger partial charge in [0.25, 0.3) is 5.91 Å². The van der Waals surface area contributed by atoms with Crippen LogP contribution in [0.15, 0.2) is 36.5 Å². The third-order valence-electron chi connectivity index (χ3n) is 3.69. The Morgan fingerprint density at radius 2 is 2.04 bits per heavy atom. The van der Waals surface area contributed by atoms with Crippen LogP contribution in [0, 0.1) is 11.7 Å². The van der Waals surface area contributed by atoms with E-state index in [9.17, 15) is 19.1 Å². The summed E-state index contributed by atoms with van der Waals surface area (Å²) in [5.74, 6) is -2.38. The molecule has 0 aliphatic rings. The zero-order valence-corrected chi connectivity index (χ0v) is 12.9. The molecule has 0 aliphatic carbocycles. The molecule has 1 heterocycles. The van der Waals surface area contributed by atoms with Crippen molar-refractivity contribution in [2.45, 2.75) is 26.3 Å². The Kier molecular flexibility index (Phi) is 5.10. The Bertz CT molecular complexity index is 714. The summed E-state index contributed by atoms with van der Waals surface area (Å²) in [4.78, 5) is 23.4. The van der Waals surface area contributed by atoms with E-state index in [0.29, 0.717) is 6.42 Å². The Morgan fingerprint density at radius 3 is 2.65 bits per heavy atom. The number of aliphatic carboxylic acids is 1. The summed E-state index contributed by atoms with van der Waals surface area (Å²) in [7, 11) is 0. The second-order valence-electron chi connectivity index (χ2n) is 5.27. The number of hydrogen-bond acceptors (Lipinski definition) is 3. The van der Waals surface area contributed by atoms with Gasteiger partial charge in [-0.25, -0.2) is 13.9 Å². The van der Waals surface area contributed by atoms with E-state index < -0.39 is 23.7 Å². The van der Waals surface area contributed by atoms with Gasteiger partial charge in [-0.3, -0.25) is 4.79 Å². The molecule has 2 N–H and O–H groups in total. The van der Waals surface area contributed by atoms with Crippen molar-refractivity contribution in [2.24, 2.45) is 5.92 Å². The monoisotopic (exact) mass is 319 g/mol. The maximum absolute atomic E-state index is 13.7. The van der Waals surface area contributed by atoms with Crippen molar-refractivity contribution in [2.75, 3.05) is 0 Å². The van der Waals surface area contributed by atoms with Crippen molar-refractivity contribution in [1.29, 1.82) is 0 Å². The molecule has 0 saturated carbocycles. The van der Waals surface area contributed by atoms with Gasteiger partial charge >= 0.3 is 5.97 Å². The summed E-state index contributed by atoms with van der Waals surface area (Å²) in [6.07, 6.45) is 2.06. The Labute approximate surface area is 132 Å². The number of rotatable bonds is 6. The summed E-state index contributed by atoms with van der Waals surface area (Å²) in [6, 6.07) is 6.45. The molecule has 7 heteroatoms. The molecule has 2 rings (SSSR count). The average molecular weight is 319 g/mol. The molecular formula is C16H18FN3O3. The highest BCUT2D eigenvalue weighted by Gasteiger charge is 2.26. The van der Waals surface area contributed by atoms with Gasteiger partial charge in [0.15, 0.2) is 5.69 Å². The number of hydrogen-bond donors (Lipinski definition) is 2. The van der Waals surface area contributed by atoms with Gasteiger partial charge in [0.2, 0.25) is 0 Å². The Morgan fingerprint density at radius 1 is 1.35 bits per heavy atom. The van der Waals surface area contributed by atoms with Crippen molar-refractivity contribution in [3.63, 3.8) is 0 Å². The molecule has 1 amide bonds. The minimum absolute atomic E-state index is 0.0304. The minimum atomic E-state index is -1.10. The summed E-state index contributed by atoms with van der Waals surface area (Å²) in [6.45, 7) is 3.59. The molecule has 2 atom stereocenters. The van der Waals surface area contributed by atoms with Crippen LogP contribution >= 0.6 is 0 Å². The molecule has 1 aromatic carbocycles. The number of benzene rings is 1. The first-order valence-corrected chi connectivity index (χ1v) is 7.28. The van der Waals surface area contributed by atoms with Crippen LogP contribution in [0.25, 0.3) is 5.69 Å². The van der Waals surface area contributed by atoms with Gasteiger partial charge in [0.05, 0.1) is 0 Å². The van der Waals surface area contributed by atoms with Crippen molar-refractivity contribution in [3.8, 4) is 5.69 Å². The van der Waals surface area contributed by atoms with Crippen LogP contribution in [-0.4, -0.2) is 32.8 Å². The lowest BCUT2D eigenvalue weighted by atomic mass is 9.99. The van der Waals surface area contributed by atoms with E-state index in [0.717, 1.165) is 0 Å². The number of halogens is 1. The zero-order valence-electron chi connectivity index (χ0n) is 12.9. The van der Waals surface area contributed by atoms with E-state index in [-0.39, 0.29) is 17.3 Å². The smallest absolute Gasteiger partial charge is 0.326 e. The maximum atomic E-state index is 13.7. The quantitative estimate of drug-likeness (QED) is 0.855. The maximum Gasteiger partial charge on any atom is 0.326 e. The third-order valence-corrected chi connectivity index (χ3v) is 3.69. The van der Waals surface area contributed by atoms with Crippen LogP contribution < -0.4 is 5.32 Å². The Hall–Kier alpha value is -2.70. The number of carboxylic acids is 1. The first-order chi connectivity index (χ1) is 10.9. The van der Waals surface area contributed by atoms with Crippen LogP contribution in [-0.2, 0) is 4.79 Å². The second kappa shape index (κ2) is 7.04. The van der Waals surface area contributed by atoms with E-state index in [1.54, 1.807) is 19.1 Å². The number of amides is 1. The summed E-state index contributed by atoms with van der Waals surface area (Å²) >= 11 is 0. The van der Waals surface area contributed by atoms with Crippen LogP contribution in [0.1, 0.15) is 30.8 Å². The molecule has 0 aliphatic heterocycles. The van der Waals surface area contributed by atoms with Crippen LogP contribution in [0.3, 0.4) is 0 Å². The van der Waals surface area contributed by atoms with Crippen molar-refractivity contribution < 1.29 is 19.1 Å². The molecule has 1 aromatic heterocycles. The van der Waals surface area contributed by atoms with Crippen molar-refractivity contribution in [3.05, 3.63) is 48.0 Å². The SMILES string of the molecule is CC[C@H](C)[C@H](NC(=O)c1ccn(-c2ccccc2F)n1)C(=O)O. The predicted molar refractivity (Wildman–Crippen MR) is 81.9 cm³/mol. The van der Waals surface area contributed by atoms with Gasteiger partial charge in [0.1, 0.15) is 17.5 Å². The van der Waals surface area contributed by atoms with Gasteiger partial charge in [-0.2, -0.15) is 5.10 Å². The molecule has 0 spiro atoms. The molecule has 0 bridgehead atoms. The minimum Gasteiger partial charge on any atom is -0.480 e. The number of carbonyl (C=O) groups excluding carboxylic acids is 1. The van der Waals surface area contributed by atoms with E-state index >= 15 is 0 Å². The fourth-order valence-corrected chi connectivity index (χ4v) is 2.12. The van der Waals surface area contributed by atoms with Gasteiger partial charge in [-0.15, -0.1) is 0 Å². The number of nitrogens with zero attached hydrogens (tertiary/aromatic N) is 2. The standard InChI is InChI=1S/C16H18FN3O3/c1-3-10(2)14(16(22)23)18-15(21)12-8-9-20(19-12)13-7-5-4-6-11(13)17/h4-10,14H,3H2,1-2H3,(H,18,21)(H,22,23)/t10-,14-/m0/s1. The first-order valence-electron chi connectivity index (χ1n) is 7.28. The first kappa shape index (κ1) is 16.7. The summed E-state index contributed by atoms with van der Waals surface area (Å²) in [5.41, 5.74) is 0.242. The highest BCUT2D eigenvalue weighted by Crippen LogP contribution is 2.13. The molecule has 0 radical (unpaired) electrons. The number of carboxylic acid groups (broad SMARTS) is 1. The summed E-state index contributed by atoms with van der Waals surface area (Å²) < 4.78 is 15.0. The molecule has 2 aromatic rings. The third kappa shape index (κ3) is 3.74. The number of nitrogens with one attached hydrogen (secondary N) is 1. The predicted octanol–water partition coefficient (Wildman–Crippen LogP) is 2.24. The van der Waals surface area contributed by atoms with Crippen LogP contribution in [0.4, 0.5) is 4.39 Å². The molecule has 0 unspecified atom stereocenters.